The summed E-state index contributed by atoms with van der Waals surface area (Å²) in [4.78, 5) is 11.4. The van der Waals surface area contributed by atoms with Gasteiger partial charge in [0.25, 0.3) is 0 Å². The third-order valence-electron chi connectivity index (χ3n) is 2.91. The molecule has 0 saturated carbocycles. The van der Waals surface area contributed by atoms with Crippen molar-refractivity contribution in [3.8, 4) is 0 Å². The number of carbonyl (C=O) groups is 1. The highest BCUT2D eigenvalue weighted by atomic mass is 32.2. The van der Waals surface area contributed by atoms with E-state index >= 15 is 0 Å². The molecule has 0 aliphatic carbocycles. The summed E-state index contributed by atoms with van der Waals surface area (Å²) in [5.41, 5.74) is 1.91. The van der Waals surface area contributed by atoms with E-state index in [0.29, 0.717) is 41.9 Å². The molecule has 0 bridgehead atoms. The molecule has 1 N–H and O–H groups in total. The zero-order chi connectivity index (χ0) is 13.1. The number of hydrogen-bond acceptors (Lipinski definition) is 5. The number of aromatic carboxylic acids is 1. The quantitative estimate of drug-likeness (QED) is 0.877. The standard InChI is InChI=1S/C12H16N2O3S/c1-3-8-9(4-2)13-14-11(10(8)12(15)16)18-7-5-17-6-7/h7H,3-6H2,1-2H3,(H,15,16). The molecule has 2 rings (SSSR count). The van der Waals surface area contributed by atoms with E-state index in [2.05, 4.69) is 10.2 Å². The highest BCUT2D eigenvalue weighted by Crippen LogP contribution is 2.31. The first kappa shape index (κ1) is 13.3. The first-order chi connectivity index (χ1) is 8.67. The van der Waals surface area contributed by atoms with Gasteiger partial charge >= 0.3 is 5.97 Å². The van der Waals surface area contributed by atoms with Crippen LogP contribution in [0.15, 0.2) is 5.03 Å². The van der Waals surface area contributed by atoms with Crippen LogP contribution in [0.5, 0.6) is 0 Å². The topological polar surface area (TPSA) is 72.3 Å². The van der Waals surface area contributed by atoms with Gasteiger partial charge in [0.05, 0.1) is 29.7 Å². The first-order valence-electron chi connectivity index (χ1n) is 6.03. The van der Waals surface area contributed by atoms with Crippen molar-refractivity contribution in [2.45, 2.75) is 37.0 Å². The minimum Gasteiger partial charge on any atom is -0.478 e. The third kappa shape index (κ3) is 2.49. The molecule has 0 spiro atoms. The zero-order valence-electron chi connectivity index (χ0n) is 10.5. The van der Waals surface area contributed by atoms with Crippen LogP contribution < -0.4 is 0 Å². The van der Waals surface area contributed by atoms with E-state index in [1.54, 1.807) is 0 Å². The summed E-state index contributed by atoms with van der Waals surface area (Å²) >= 11 is 1.45. The fourth-order valence-electron chi connectivity index (χ4n) is 1.90. The van der Waals surface area contributed by atoms with Crippen LogP contribution in [0.4, 0.5) is 0 Å². The Morgan fingerprint density at radius 2 is 2.11 bits per heavy atom. The number of ether oxygens (including phenoxy) is 1. The van der Waals surface area contributed by atoms with E-state index in [0.717, 1.165) is 11.3 Å². The molecular weight excluding hydrogens is 252 g/mol. The Morgan fingerprint density at radius 1 is 1.39 bits per heavy atom. The number of thioether (sulfide) groups is 1. The second-order valence-electron chi connectivity index (χ2n) is 4.09. The summed E-state index contributed by atoms with van der Waals surface area (Å²) in [5.74, 6) is -0.917. The minimum atomic E-state index is -0.917. The van der Waals surface area contributed by atoms with Crippen molar-refractivity contribution in [2.24, 2.45) is 0 Å². The Hall–Kier alpha value is -1.14. The lowest BCUT2D eigenvalue weighted by Gasteiger charge is -2.25. The molecule has 0 atom stereocenters. The molecule has 1 aromatic rings. The molecule has 5 nitrogen and oxygen atoms in total. The van der Waals surface area contributed by atoms with E-state index in [-0.39, 0.29) is 0 Å². The fraction of sp³-hybridized carbons (Fsp3) is 0.583. The van der Waals surface area contributed by atoms with Crippen LogP contribution in [-0.2, 0) is 17.6 Å². The summed E-state index contributed by atoms with van der Waals surface area (Å²) in [5, 5.41) is 18.4. The lowest BCUT2D eigenvalue weighted by molar-refractivity contribution is 0.0454. The van der Waals surface area contributed by atoms with Gasteiger partial charge in [0.15, 0.2) is 0 Å². The van der Waals surface area contributed by atoms with Crippen LogP contribution >= 0.6 is 11.8 Å². The summed E-state index contributed by atoms with van der Waals surface area (Å²) < 4.78 is 5.09. The molecule has 1 saturated heterocycles. The maximum Gasteiger partial charge on any atom is 0.338 e. The second kappa shape index (κ2) is 5.67. The molecule has 1 fully saturated rings. The lowest BCUT2D eigenvalue weighted by atomic mass is 10.0. The molecule has 1 aliphatic heterocycles. The number of rotatable bonds is 5. The number of aromatic nitrogens is 2. The summed E-state index contributed by atoms with van der Waals surface area (Å²) in [6.07, 6.45) is 1.36. The van der Waals surface area contributed by atoms with Crippen LogP contribution in [-0.4, -0.2) is 39.7 Å². The van der Waals surface area contributed by atoms with Gasteiger partial charge in [-0.25, -0.2) is 4.79 Å². The molecule has 0 aromatic carbocycles. The molecule has 0 amide bonds. The monoisotopic (exact) mass is 268 g/mol. The minimum absolute atomic E-state index is 0.301. The number of carboxylic acid groups (broad SMARTS) is 1. The number of nitrogens with zero attached hydrogens (tertiary/aromatic N) is 2. The zero-order valence-corrected chi connectivity index (χ0v) is 11.3. The van der Waals surface area contributed by atoms with Crippen molar-refractivity contribution in [1.29, 1.82) is 0 Å². The Balaban J connectivity index is 2.41. The van der Waals surface area contributed by atoms with Crippen LogP contribution in [0.1, 0.15) is 35.5 Å². The first-order valence-corrected chi connectivity index (χ1v) is 6.91. The molecule has 1 aliphatic rings. The SMILES string of the molecule is CCc1nnc(SC2COC2)c(C(=O)O)c1CC. The Bertz CT molecular complexity index is 461. The van der Waals surface area contributed by atoms with Crippen LogP contribution in [0, 0.1) is 0 Å². The molecule has 98 valence electrons. The van der Waals surface area contributed by atoms with Crippen LogP contribution in [0.3, 0.4) is 0 Å². The molecule has 6 heteroatoms. The number of hydrogen-bond donors (Lipinski definition) is 1. The second-order valence-corrected chi connectivity index (χ2v) is 5.38. The van der Waals surface area contributed by atoms with Gasteiger partial charge in [-0.15, -0.1) is 5.10 Å². The van der Waals surface area contributed by atoms with E-state index < -0.39 is 5.97 Å². The average molecular weight is 268 g/mol. The van der Waals surface area contributed by atoms with Gasteiger partial charge < -0.3 is 9.84 Å². The number of aryl methyl sites for hydroxylation is 1. The van der Waals surface area contributed by atoms with Gasteiger partial charge in [-0.2, -0.15) is 5.10 Å². The van der Waals surface area contributed by atoms with Crippen molar-refractivity contribution in [3.63, 3.8) is 0 Å². The highest BCUT2D eigenvalue weighted by Gasteiger charge is 2.26. The van der Waals surface area contributed by atoms with Gasteiger partial charge in [0.2, 0.25) is 0 Å². The highest BCUT2D eigenvalue weighted by molar-refractivity contribution is 8.00. The van der Waals surface area contributed by atoms with E-state index in [1.165, 1.54) is 11.8 Å². The van der Waals surface area contributed by atoms with Crippen molar-refractivity contribution in [3.05, 3.63) is 16.8 Å². The van der Waals surface area contributed by atoms with Crippen molar-refractivity contribution < 1.29 is 14.6 Å². The fourth-order valence-corrected chi connectivity index (χ4v) is 2.96. The molecule has 18 heavy (non-hydrogen) atoms. The van der Waals surface area contributed by atoms with E-state index in [9.17, 15) is 9.90 Å². The smallest absolute Gasteiger partial charge is 0.338 e. The maximum atomic E-state index is 11.4. The predicted octanol–water partition coefficient (Wildman–Crippen LogP) is 1.79. The number of carboxylic acids is 1. The Labute approximate surface area is 110 Å². The van der Waals surface area contributed by atoms with Crippen molar-refractivity contribution in [2.75, 3.05) is 13.2 Å². The van der Waals surface area contributed by atoms with Gasteiger partial charge in [0.1, 0.15) is 5.03 Å². The summed E-state index contributed by atoms with van der Waals surface area (Å²) in [6, 6.07) is 0. The largest absolute Gasteiger partial charge is 0.478 e. The van der Waals surface area contributed by atoms with E-state index in [4.69, 9.17) is 4.74 Å². The Kier molecular flexibility index (Phi) is 4.19. The lowest BCUT2D eigenvalue weighted by Crippen LogP contribution is -2.30. The molecule has 0 radical (unpaired) electrons. The van der Waals surface area contributed by atoms with E-state index in [1.807, 2.05) is 13.8 Å². The normalized spacial score (nSPS) is 15.4. The summed E-state index contributed by atoms with van der Waals surface area (Å²) in [7, 11) is 0. The van der Waals surface area contributed by atoms with Gasteiger partial charge in [-0.1, -0.05) is 25.6 Å². The van der Waals surface area contributed by atoms with Crippen molar-refractivity contribution >= 4 is 17.7 Å². The molecule has 0 unspecified atom stereocenters. The van der Waals surface area contributed by atoms with Crippen LogP contribution in [0.25, 0.3) is 0 Å². The molecule has 2 heterocycles. The third-order valence-corrected chi connectivity index (χ3v) is 4.03. The molecule has 1 aromatic heterocycles. The maximum absolute atomic E-state index is 11.4. The molecular formula is C12H16N2O3S. The Morgan fingerprint density at radius 3 is 2.56 bits per heavy atom. The average Bonchev–Trinajstić information content (AvgIpc) is 2.32. The summed E-state index contributed by atoms with van der Waals surface area (Å²) in [6.45, 7) is 5.22. The van der Waals surface area contributed by atoms with Crippen LogP contribution in [0.2, 0.25) is 0 Å². The van der Waals surface area contributed by atoms with Crippen molar-refractivity contribution in [1.82, 2.24) is 10.2 Å². The van der Waals surface area contributed by atoms with Gasteiger partial charge in [0, 0.05) is 0 Å². The van der Waals surface area contributed by atoms with Gasteiger partial charge in [-0.05, 0) is 18.4 Å². The van der Waals surface area contributed by atoms with Gasteiger partial charge in [-0.3, -0.25) is 0 Å². The predicted molar refractivity (Wildman–Crippen MR) is 68.2 cm³/mol.